The standard InChI is InChI=1S/C30H36N10O2S2/c41-25(17-21-15-23(6-8-31-21)39-10-2-11-39)33-29-37-35-27(43-29)19-4-1-5-20(14-19)28-36-38-30(44-28)34-26(42)18-22-16-24(7-9-32-22)40-12-3-13-40/h6-9,15,19-20,22H,1-5,10-14,16-18H2,(H,33,37,41)(H,34,38,42). The predicted molar refractivity (Wildman–Crippen MR) is 172 cm³/mol. The number of hydrogen-bond acceptors (Lipinski definition) is 12. The third-order valence-electron chi connectivity index (χ3n) is 8.80. The van der Waals surface area contributed by atoms with Crippen LogP contribution in [-0.4, -0.2) is 80.5 Å². The molecule has 0 aromatic carbocycles. The number of hydrogen-bond donors (Lipinski definition) is 2. The fraction of sp³-hybridized carbons (Fsp3) is 0.533. The lowest BCUT2D eigenvalue weighted by molar-refractivity contribution is -0.117. The lowest BCUT2D eigenvalue weighted by atomic mass is 9.82. The number of allylic oxidation sites excluding steroid dienone is 1. The van der Waals surface area contributed by atoms with Gasteiger partial charge in [-0.15, -0.1) is 20.4 Å². The van der Waals surface area contributed by atoms with Crippen molar-refractivity contribution < 1.29 is 9.59 Å². The summed E-state index contributed by atoms with van der Waals surface area (Å²) in [6, 6.07) is 3.94. The lowest BCUT2D eigenvalue weighted by Gasteiger charge is -2.37. The number of dihydropyridines is 1. The Hall–Kier alpha value is -3.78. The Kier molecular flexibility index (Phi) is 8.60. The molecule has 12 nitrogen and oxygen atoms in total. The van der Waals surface area contributed by atoms with Crippen molar-refractivity contribution in [3.63, 3.8) is 0 Å². The number of rotatable bonds is 10. The van der Waals surface area contributed by atoms with E-state index in [4.69, 9.17) is 0 Å². The summed E-state index contributed by atoms with van der Waals surface area (Å²) in [6.07, 6.45) is 13.4. The van der Waals surface area contributed by atoms with E-state index < -0.39 is 0 Å². The molecule has 3 atom stereocenters. The number of aromatic nitrogens is 5. The van der Waals surface area contributed by atoms with Crippen LogP contribution in [0.5, 0.6) is 0 Å². The quantitative estimate of drug-likeness (QED) is 0.333. The van der Waals surface area contributed by atoms with E-state index >= 15 is 0 Å². The average molecular weight is 633 g/mol. The molecule has 2 saturated heterocycles. The highest BCUT2D eigenvalue weighted by molar-refractivity contribution is 7.15. The van der Waals surface area contributed by atoms with Gasteiger partial charge < -0.3 is 20.4 Å². The number of likely N-dealkylation sites (tertiary alicyclic amines) is 1. The fourth-order valence-corrected chi connectivity index (χ4v) is 7.97. The first-order valence-corrected chi connectivity index (χ1v) is 17.1. The maximum absolute atomic E-state index is 12.8. The van der Waals surface area contributed by atoms with Gasteiger partial charge in [-0.1, -0.05) is 29.1 Å². The van der Waals surface area contributed by atoms with Crippen molar-refractivity contribution in [1.82, 2.24) is 30.3 Å². The Balaban J connectivity index is 0.896. The maximum atomic E-state index is 12.8. The summed E-state index contributed by atoms with van der Waals surface area (Å²) in [5.74, 6) is 0.265. The summed E-state index contributed by atoms with van der Waals surface area (Å²) in [5, 5.41) is 26.2. The van der Waals surface area contributed by atoms with Crippen LogP contribution >= 0.6 is 22.7 Å². The number of amides is 2. The molecule has 230 valence electrons. The van der Waals surface area contributed by atoms with Gasteiger partial charge in [0.2, 0.25) is 22.1 Å². The summed E-state index contributed by atoms with van der Waals surface area (Å²) in [4.78, 5) is 39.0. The molecule has 2 N–H and O–H groups in total. The van der Waals surface area contributed by atoms with E-state index in [1.54, 1.807) is 6.20 Å². The monoisotopic (exact) mass is 632 g/mol. The number of carbonyl (C=O) groups excluding carboxylic acids is 2. The minimum Gasteiger partial charge on any atom is -0.375 e. The Morgan fingerprint density at radius 2 is 1.55 bits per heavy atom. The molecule has 3 aromatic heterocycles. The van der Waals surface area contributed by atoms with Gasteiger partial charge >= 0.3 is 0 Å². The summed E-state index contributed by atoms with van der Waals surface area (Å²) < 4.78 is 0. The topological polar surface area (TPSA) is 141 Å². The van der Waals surface area contributed by atoms with Crippen molar-refractivity contribution in [3.8, 4) is 0 Å². The average Bonchev–Trinajstić information content (AvgIpc) is 3.62. The molecule has 4 aliphatic rings. The van der Waals surface area contributed by atoms with Gasteiger partial charge in [0.15, 0.2) is 0 Å². The van der Waals surface area contributed by atoms with E-state index in [-0.39, 0.29) is 36.1 Å². The second-order valence-corrected chi connectivity index (χ2v) is 13.9. The predicted octanol–water partition coefficient (Wildman–Crippen LogP) is 4.38. The van der Waals surface area contributed by atoms with Gasteiger partial charge in [-0.2, -0.15) is 0 Å². The number of pyridine rings is 1. The number of anilines is 3. The number of aliphatic imine (C=N–C) groups is 1. The smallest absolute Gasteiger partial charge is 0.232 e. The zero-order valence-electron chi connectivity index (χ0n) is 24.5. The first-order valence-electron chi connectivity index (χ1n) is 15.5. The minimum absolute atomic E-state index is 0.0401. The molecular weight excluding hydrogens is 597 g/mol. The molecule has 6 heterocycles. The first kappa shape index (κ1) is 29.0. The first-order chi connectivity index (χ1) is 21.6. The molecule has 44 heavy (non-hydrogen) atoms. The third-order valence-corrected chi connectivity index (χ3v) is 10.8. The van der Waals surface area contributed by atoms with Gasteiger partial charge in [0, 0.05) is 74.7 Å². The van der Waals surface area contributed by atoms with Gasteiger partial charge in [-0.3, -0.25) is 19.6 Å². The van der Waals surface area contributed by atoms with Crippen LogP contribution in [0.2, 0.25) is 0 Å². The highest BCUT2D eigenvalue weighted by Crippen LogP contribution is 2.43. The molecule has 0 radical (unpaired) electrons. The van der Waals surface area contributed by atoms with E-state index in [1.807, 2.05) is 18.3 Å². The summed E-state index contributed by atoms with van der Waals surface area (Å²) >= 11 is 2.90. The number of nitrogens with one attached hydrogen (secondary N) is 2. The van der Waals surface area contributed by atoms with Crippen molar-refractivity contribution in [2.24, 2.45) is 4.99 Å². The highest BCUT2D eigenvalue weighted by Gasteiger charge is 2.30. The zero-order valence-corrected chi connectivity index (χ0v) is 26.2. The lowest BCUT2D eigenvalue weighted by Crippen LogP contribution is -2.38. The molecule has 1 aliphatic carbocycles. The van der Waals surface area contributed by atoms with Crippen molar-refractivity contribution in [1.29, 1.82) is 0 Å². The molecule has 14 heteroatoms. The minimum atomic E-state index is -0.144. The zero-order chi connectivity index (χ0) is 29.9. The summed E-state index contributed by atoms with van der Waals surface area (Å²) in [7, 11) is 0. The van der Waals surface area contributed by atoms with Crippen molar-refractivity contribution >= 4 is 56.7 Å². The van der Waals surface area contributed by atoms with Gasteiger partial charge in [0.25, 0.3) is 0 Å². The van der Waals surface area contributed by atoms with Crippen LogP contribution in [0.25, 0.3) is 0 Å². The Morgan fingerprint density at radius 3 is 2.20 bits per heavy atom. The molecule has 0 bridgehead atoms. The Morgan fingerprint density at radius 1 is 0.864 bits per heavy atom. The van der Waals surface area contributed by atoms with Crippen LogP contribution in [0.4, 0.5) is 16.0 Å². The fourth-order valence-electron chi connectivity index (χ4n) is 6.16. The van der Waals surface area contributed by atoms with E-state index in [0.717, 1.165) is 79.7 Å². The van der Waals surface area contributed by atoms with Crippen molar-refractivity contribution in [2.45, 2.75) is 75.7 Å². The van der Waals surface area contributed by atoms with Crippen LogP contribution in [-0.2, 0) is 16.0 Å². The number of carbonyl (C=O) groups is 2. The molecule has 0 spiro atoms. The Labute approximate surface area is 264 Å². The second-order valence-electron chi connectivity index (χ2n) is 11.9. The van der Waals surface area contributed by atoms with Gasteiger partial charge in [0.1, 0.15) is 10.0 Å². The van der Waals surface area contributed by atoms with Crippen LogP contribution in [0.3, 0.4) is 0 Å². The van der Waals surface area contributed by atoms with Crippen LogP contribution in [0, 0.1) is 0 Å². The van der Waals surface area contributed by atoms with E-state index in [9.17, 15) is 9.59 Å². The molecule has 7 rings (SSSR count). The molecule has 2 amide bonds. The highest BCUT2D eigenvalue weighted by atomic mass is 32.1. The maximum Gasteiger partial charge on any atom is 0.232 e. The molecule has 1 saturated carbocycles. The molecule has 3 aliphatic heterocycles. The van der Waals surface area contributed by atoms with Crippen molar-refractivity contribution in [3.05, 3.63) is 45.8 Å². The van der Waals surface area contributed by atoms with E-state index in [2.05, 4.69) is 56.9 Å². The van der Waals surface area contributed by atoms with E-state index in [0.29, 0.717) is 16.7 Å². The summed E-state index contributed by atoms with van der Waals surface area (Å²) in [5.41, 5.74) is 3.14. The van der Waals surface area contributed by atoms with E-state index in [1.165, 1.54) is 41.2 Å². The van der Waals surface area contributed by atoms with Crippen molar-refractivity contribution in [2.75, 3.05) is 41.7 Å². The van der Waals surface area contributed by atoms with Crippen LogP contribution in [0.15, 0.2) is 35.1 Å². The van der Waals surface area contributed by atoms with Gasteiger partial charge in [-0.25, -0.2) is 0 Å². The molecular formula is C30H36N10O2S2. The normalized spacial score (nSPS) is 23.0. The number of nitrogens with zero attached hydrogens (tertiary/aromatic N) is 8. The SMILES string of the molecule is O=C(Cc1cc(N2CCC2)ccn1)Nc1nnc(C2CCCC(c3nnc(NC(=O)CC4CC(N5CCC5)=CC=N4)s3)C2)s1. The third kappa shape index (κ3) is 6.80. The summed E-state index contributed by atoms with van der Waals surface area (Å²) in [6.45, 7) is 4.29. The van der Waals surface area contributed by atoms with Crippen LogP contribution < -0.4 is 15.5 Å². The van der Waals surface area contributed by atoms with Crippen LogP contribution in [0.1, 0.15) is 78.9 Å². The molecule has 3 unspecified atom stereocenters. The largest absolute Gasteiger partial charge is 0.375 e. The van der Waals surface area contributed by atoms with Gasteiger partial charge in [-0.05, 0) is 50.3 Å². The molecule has 3 fully saturated rings. The second kappa shape index (κ2) is 13.1. The molecule has 3 aromatic rings. The van der Waals surface area contributed by atoms with Gasteiger partial charge in [0.05, 0.1) is 18.2 Å². The Bertz CT molecular complexity index is 1560.